The van der Waals surface area contributed by atoms with Crippen molar-refractivity contribution in [3.8, 4) is 0 Å². The van der Waals surface area contributed by atoms with E-state index in [-0.39, 0.29) is 17.4 Å². The molecule has 1 aliphatic rings. The lowest BCUT2D eigenvalue weighted by Crippen LogP contribution is -2.50. The van der Waals surface area contributed by atoms with Crippen molar-refractivity contribution >= 4 is 17.2 Å². The van der Waals surface area contributed by atoms with E-state index in [2.05, 4.69) is 6.92 Å². The van der Waals surface area contributed by atoms with Crippen molar-refractivity contribution in [2.24, 2.45) is 5.92 Å². The van der Waals surface area contributed by atoms with E-state index in [1.165, 1.54) is 0 Å². The zero-order chi connectivity index (χ0) is 16.3. The molecule has 2 unspecified atom stereocenters. The fourth-order valence-corrected chi connectivity index (χ4v) is 3.80. The van der Waals surface area contributed by atoms with E-state index >= 15 is 0 Å². The predicted octanol–water partition coefficient (Wildman–Crippen LogP) is 1.91. The van der Waals surface area contributed by atoms with Gasteiger partial charge in [-0.2, -0.15) is 8.42 Å². The number of rotatable bonds is 5. The van der Waals surface area contributed by atoms with Gasteiger partial charge >= 0.3 is 7.05 Å². The Morgan fingerprint density at radius 3 is 2.55 bits per heavy atom. The van der Waals surface area contributed by atoms with Crippen LogP contribution in [0.25, 0.3) is 0 Å². The molecule has 0 spiro atoms. The van der Waals surface area contributed by atoms with Crippen LogP contribution in [0, 0.1) is 12.8 Å². The van der Waals surface area contributed by atoms with Crippen LogP contribution in [-0.4, -0.2) is 44.5 Å². The number of benzene rings is 1. The molecule has 0 saturated carbocycles. The van der Waals surface area contributed by atoms with E-state index in [0.29, 0.717) is 12.6 Å². The maximum Gasteiger partial charge on any atom is 0.376 e. The zero-order valence-electron chi connectivity index (χ0n) is 13.4. The molecule has 0 aliphatic carbocycles. The van der Waals surface area contributed by atoms with E-state index in [9.17, 15) is 13.4 Å². The second kappa shape index (κ2) is 7.13. The van der Waals surface area contributed by atoms with Gasteiger partial charge in [0.05, 0.1) is 11.5 Å². The van der Waals surface area contributed by atoms with Gasteiger partial charge in [0.2, 0.25) is 0 Å². The predicted molar refractivity (Wildman–Crippen MR) is 87.0 cm³/mol. The number of nitrogens with zero attached hydrogens (tertiary/aromatic N) is 1. The van der Waals surface area contributed by atoms with Gasteiger partial charge in [-0.1, -0.05) is 24.6 Å². The third kappa shape index (κ3) is 4.32. The molecular weight excluding hydrogens is 301 g/mol. The molecule has 1 aromatic rings. The van der Waals surface area contributed by atoms with Crippen LogP contribution < -0.4 is 0 Å². The van der Waals surface area contributed by atoms with E-state index < -0.39 is 17.2 Å². The molecule has 1 N–H and O–H groups in total. The van der Waals surface area contributed by atoms with Gasteiger partial charge in [-0.05, 0) is 57.2 Å². The van der Waals surface area contributed by atoms with Gasteiger partial charge in [-0.15, -0.1) is 0 Å². The van der Waals surface area contributed by atoms with Crippen molar-refractivity contribution in [2.45, 2.75) is 44.4 Å². The highest BCUT2D eigenvalue weighted by Gasteiger charge is 2.31. The maximum atomic E-state index is 12.2. The van der Waals surface area contributed by atoms with Crippen LogP contribution in [0.5, 0.6) is 0 Å². The normalized spacial score (nSPS) is 23.5. The van der Waals surface area contributed by atoms with Gasteiger partial charge in [-0.3, -0.25) is 4.18 Å². The molecule has 5 nitrogen and oxygen atoms in total. The molecule has 1 aliphatic heterocycles. The van der Waals surface area contributed by atoms with Gasteiger partial charge in [0.1, 0.15) is 0 Å². The quantitative estimate of drug-likeness (QED) is 0.662. The van der Waals surface area contributed by atoms with Crippen LogP contribution in [0.2, 0.25) is 6.82 Å². The number of aryl methyl sites for hydroxylation is 1. The van der Waals surface area contributed by atoms with E-state index in [0.717, 1.165) is 18.4 Å². The molecule has 1 saturated heterocycles. The lowest BCUT2D eigenvalue weighted by atomic mass is 9.78. The topological polar surface area (TPSA) is 66.8 Å². The lowest BCUT2D eigenvalue weighted by Gasteiger charge is -2.38. The fourth-order valence-electron chi connectivity index (χ4n) is 2.83. The van der Waals surface area contributed by atoms with Gasteiger partial charge in [0.15, 0.2) is 0 Å². The summed E-state index contributed by atoms with van der Waals surface area (Å²) in [5, 5.41) is 9.76. The standard InChI is InChI=1S/C15H24BNO4S/c1-12-4-8-15(9-5-12)22(19,20)21-11-14-7-6-13(2)17(10-14)16(3)18/h4-5,8-9,13-14,18H,6-7,10-11H2,1-3H3. The van der Waals surface area contributed by atoms with Crippen molar-refractivity contribution in [1.29, 1.82) is 0 Å². The summed E-state index contributed by atoms with van der Waals surface area (Å²) in [6.07, 6.45) is 1.84. The molecule has 0 amide bonds. The van der Waals surface area contributed by atoms with Crippen LogP contribution in [-0.2, 0) is 14.3 Å². The highest BCUT2D eigenvalue weighted by atomic mass is 32.2. The number of hydrogen-bond acceptors (Lipinski definition) is 5. The Labute approximate surface area is 133 Å². The van der Waals surface area contributed by atoms with E-state index in [1.807, 2.05) is 11.7 Å². The molecule has 22 heavy (non-hydrogen) atoms. The average Bonchev–Trinajstić information content (AvgIpc) is 2.46. The summed E-state index contributed by atoms with van der Waals surface area (Å²) in [6.45, 7) is 6.54. The smallest absolute Gasteiger partial charge is 0.376 e. The van der Waals surface area contributed by atoms with Crippen molar-refractivity contribution in [1.82, 2.24) is 4.81 Å². The Balaban J connectivity index is 1.96. The minimum atomic E-state index is -3.71. The molecule has 7 heteroatoms. The molecule has 122 valence electrons. The summed E-state index contributed by atoms with van der Waals surface area (Å²) in [5.41, 5.74) is 1.01. The van der Waals surface area contributed by atoms with Crippen molar-refractivity contribution in [2.75, 3.05) is 13.2 Å². The molecule has 0 aromatic heterocycles. The van der Waals surface area contributed by atoms with Gasteiger partial charge in [0, 0.05) is 0 Å². The van der Waals surface area contributed by atoms with E-state index in [4.69, 9.17) is 4.18 Å². The van der Waals surface area contributed by atoms with Crippen molar-refractivity contribution < 1.29 is 17.6 Å². The van der Waals surface area contributed by atoms with Crippen molar-refractivity contribution in [3.63, 3.8) is 0 Å². The first kappa shape index (κ1) is 17.5. The summed E-state index contributed by atoms with van der Waals surface area (Å²) in [7, 11) is -4.23. The molecular formula is C15H24BNO4S. The van der Waals surface area contributed by atoms with Crippen LogP contribution in [0.3, 0.4) is 0 Å². The zero-order valence-corrected chi connectivity index (χ0v) is 14.2. The van der Waals surface area contributed by atoms with Crippen LogP contribution in [0.1, 0.15) is 25.3 Å². The molecule has 1 fully saturated rings. The maximum absolute atomic E-state index is 12.2. The minimum absolute atomic E-state index is 0.117. The van der Waals surface area contributed by atoms with Gasteiger partial charge < -0.3 is 9.83 Å². The van der Waals surface area contributed by atoms with Crippen molar-refractivity contribution in [3.05, 3.63) is 29.8 Å². The Kier molecular flexibility index (Phi) is 5.66. The van der Waals surface area contributed by atoms with Crippen LogP contribution >= 0.6 is 0 Å². The summed E-state index contributed by atoms with van der Waals surface area (Å²) >= 11 is 0. The first-order valence-corrected chi connectivity index (χ1v) is 9.10. The minimum Gasteiger partial charge on any atom is -0.437 e. The summed E-state index contributed by atoms with van der Waals surface area (Å²) in [4.78, 5) is 2.17. The van der Waals surface area contributed by atoms with Gasteiger partial charge in [-0.25, -0.2) is 0 Å². The Morgan fingerprint density at radius 1 is 1.32 bits per heavy atom. The third-order valence-electron chi connectivity index (χ3n) is 4.28. The molecule has 1 heterocycles. The van der Waals surface area contributed by atoms with E-state index in [1.54, 1.807) is 31.1 Å². The summed E-state index contributed by atoms with van der Waals surface area (Å²) in [5.74, 6) is 0.117. The first-order chi connectivity index (χ1) is 10.3. The third-order valence-corrected chi connectivity index (χ3v) is 5.57. The Bertz CT molecular complexity index is 588. The SMILES string of the molecule is CB(O)N1CC(COS(=O)(=O)c2ccc(C)cc2)CCC1C. The molecule has 2 atom stereocenters. The first-order valence-electron chi connectivity index (χ1n) is 7.69. The summed E-state index contributed by atoms with van der Waals surface area (Å²) < 4.78 is 29.6. The number of piperidine rings is 1. The Morgan fingerprint density at radius 2 is 1.95 bits per heavy atom. The lowest BCUT2D eigenvalue weighted by molar-refractivity contribution is 0.140. The largest absolute Gasteiger partial charge is 0.437 e. The monoisotopic (exact) mass is 325 g/mol. The van der Waals surface area contributed by atoms with Crippen LogP contribution in [0.4, 0.5) is 0 Å². The second-order valence-electron chi connectivity index (χ2n) is 6.17. The Hall–Kier alpha value is -0.885. The second-order valence-corrected chi connectivity index (χ2v) is 7.79. The summed E-state index contributed by atoms with van der Waals surface area (Å²) in [6, 6.07) is 6.96. The average molecular weight is 325 g/mol. The molecule has 1 aromatic carbocycles. The number of hydrogen-bond donors (Lipinski definition) is 1. The highest BCUT2D eigenvalue weighted by Crippen LogP contribution is 2.24. The molecule has 0 radical (unpaired) electrons. The molecule has 0 bridgehead atoms. The fraction of sp³-hybridized carbons (Fsp3) is 0.600. The van der Waals surface area contributed by atoms with Crippen LogP contribution in [0.15, 0.2) is 29.2 Å². The molecule has 2 rings (SSSR count). The van der Waals surface area contributed by atoms with Gasteiger partial charge in [0.25, 0.3) is 10.1 Å². The highest BCUT2D eigenvalue weighted by molar-refractivity contribution is 7.86.